The summed E-state index contributed by atoms with van der Waals surface area (Å²) in [5.41, 5.74) is 1.26. The highest BCUT2D eigenvalue weighted by Gasteiger charge is 2.16. The molecule has 0 spiro atoms. The minimum absolute atomic E-state index is 0.101. The van der Waals surface area contributed by atoms with Gasteiger partial charge in [-0.05, 0) is 30.2 Å². The maximum Gasteiger partial charge on any atom is 0.252 e. The molecule has 24 heavy (non-hydrogen) atoms. The van der Waals surface area contributed by atoms with Gasteiger partial charge >= 0.3 is 0 Å². The number of aliphatic hydroxyl groups excluding tert-OH is 1. The number of aromatic nitrogens is 3. The topological polar surface area (TPSA) is 80.0 Å². The first-order valence-electron chi connectivity index (χ1n) is 8.53. The second-order valence-corrected chi connectivity index (χ2v) is 7.54. The van der Waals surface area contributed by atoms with Crippen molar-refractivity contribution in [2.24, 2.45) is 11.3 Å². The molecule has 0 atom stereocenters. The predicted molar refractivity (Wildman–Crippen MR) is 94.8 cm³/mol. The molecule has 0 aliphatic rings. The molecule has 0 aromatic carbocycles. The van der Waals surface area contributed by atoms with Crippen molar-refractivity contribution in [1.29, 1.82) is 0 Å². The summed E-state index contributed by atoms with van der Waals surface area (Å²) >= 11 is 0. The number of hydrogen-bond donors (Lipinski definition) is 2. The zero-order valence-corrected chi connectivity index (χ0v) is 15.0. The van der Waals surface area contributed by atoms with E-state index in [2.05, 4.69) is 29.2 Å². The standard InChI is InChI=1S/C18H28N4O2/c1-13(2)11-22-16-14(10-21-22)8-15(9-20-16)17(24)19-7-5-6-18(3,4)12-23/h8-10,13,23H,5-7,11-12H2,1-4H3,(H,19,24). The summed E-state index contributed by atoms with van der Waals surface area (Å²) in [5.74, 6) is 0.365. The molecule has 0 bridgehead atoms. The SMILES string of the molecule is CC(C)Cn1ncc2cc(C(=O)NCCCC(C)(C)CO)cnc21. The Morgan fingerprint density at radius 1 is 1.38 bits per heavy atom. The molecule has 132 valence electrons. The van der Waals surface area contributed by atoms with Crippen molar-refractivity contribution in [2.45, 2.75) is 47.1 Å². The first kappa shape index (κ1) is 18.4. The summed E-state index contributed by atoms with van der Waals surface area (Å²) in [5, 5.41) is 17.4. The van der Waals surface area contributed by atoms with Gasteiger partial charge in [0.2, 0.25) is 0 Å². The van der Waals surface area contributed by atoms with Gasteiger partial charge in [-0.2, -0.15) is 5.10 Å². The summed E-state index contributed by atoms with van der Waals surface area (Å²) in [6.45, 7) is 9.85. The van der Waals surface area contributed by atoms with Crippen molar-refractivity contribution in [1.82, 2.24) is 20.1 Å². The third-order valence-electron chi connectivity index (χ3n) is 4.02. The minimum atomic E-state index is -0.122. The Bertz CT molecular complexity index is 691. The summed E-state index contributed by atoms with van der Waals surface area (Å²) in [6.07, 6.45) is 5.06. The van der Waals surface area contributed by atoms with E-state index < -0.39 is 0 Å². The number of amides is 1. The monoisotopic (exact) mass is 332 g/mol. The molecule has 0 radical (unpaired) electrons. The Labute approximate surface area is 143 Å². The van der Waals surface area contributed by atoms with Gasteiger partial charge < -0.3 is 10.4 Å². The fraction of sp³-hybridized carbons (Fsp3) is 0.611. The third-order valence-corrected chi connectivity index (χ3v) is 4.02. The molecule has 2 heterocycles. The molecule has 2 aromatic rings. The van der Waals surface area contributed by atoms with E-state index in [0.29, 0.717) is 18.0 Å². The van der Waals surface area contributed by atoms with Crippen LogP contribution in [0, 0.1) is 11.3 Å². The van der Waals surface area contributed by atoms with Crippen LogP contribution in [0.25, 0.3) is 11.0 Å². The molecule has 1 amide bonds. The van der Waals surface area contributed by atoms with Gasteiger partial charge in [0, 0.05) is 31.3 Å². The van der Waals surface area contributed by atoms with E-state index in [0.717, 1.165) is 30.4 Å². The Kier molecular flexibility index (Phi) is 5.94. The van der Waals surface area contributed by atoms with Crippen LogP contribution in [0.5, 0.6) is 0 Å². The minimum Gasteiger partial charge on any atom is -0.396 e. The average Bonchev–Trinajstić information content (AvgIpc) is 2.93. The van der Waals surface area contributed by atoms with Gasteiger partial charge in [0.05, 0.1) is 11.8 Å². The fourth-order valence-corrected chi connectivity index (χ4v) is 2.53. The van der Waals surface area contributed by atoms with Crippen LogP contribution in [-0.2, 0) is 6.54 Å². The summed E-state index contributed by atoms with van der Waals surface area (Å²) in [4.78, 5) is 16.6. The number of hydrogen-bond acceptors (Lipinski definition) is 4. The maximum absolute atomic E-state index is 12.2. The molecule has 0 saturated heterocycles. The van der Waals surface area contributed by atoms with E-state index in [9.17, 15) is 9.90 Å². The second kappa shape index (κ2) is 7.75. The van der Waals surface area contributed by atoms with Crippen LogP contribution in [-0.4, -0.2) is 38.9 Å². The number of nitrogens with one attached hydrogen (secondary N) is 1. The van der Waals surface area contributed by atoms with Crippen LogP contribution in [0.3, 0.4) is 0 Å². The van der Waals surface area contributed by atoms with Crippen molar-refractivity contribution < 1.29 is 9.90 Å². The lowest BCUT2D eigenvalue weighted by Crippen LogP contribution is -2.26. The number of carbonyl (C=O) groups is 1. The zero-order valence-electron chi connectivity index (χ0n) is 15.0. The van der Waals surface area contributed by atoms with Gasteiger partial charge in [0.25, 0.3) is 5.91 Å². The van der Waals surface area contributed by atoms with Gasteiger partial charge in [-0.3, -0.25) is 4.79 Å². The second-order valence-electron chi connectivity index (χ2n) is 7.54. The van der Waals surface area contributed by atoms with Gasteiger partial charge in [-0.25, -0.2) is 9.67 Å². The number of nitrogens with zero attached hydrogens (tertiary/aromatic N) is 3. The quantitative estimate of drug-likeness (QED) is 0.728. The van der Waals surface area contributed by atoms with Crippen LogP contribution < -0.4 is 5.32 Å². The Balaban J connectivity index is 1.95. The molecule has 0 aliphatic heterocycles. The third kappa shape index (κ3) is 4.77. The number of pyridine rings is 1. The van der Waals surface area contributed by atoms with Gasteiger partial charge in [-0.1, -0.05) is 27.7 Å². The van der Waals surface area contributed by atoms with Crippen LogP contribution in [0.15, 0.2) is 18.5 Å². The van der Waals surface area contributed by atoms with Crippen molar-refractivity contribution >= 4 is 16.9 Å². The van der Waals surface area contributed by atoms with Crippen molar-refractivity contribution in [3.05, 3.63) is 24.0 Å². The smallest absolute Gasteiger partial charge is 0.252 e. The van der Waals surface area contributed by atoms with Gasteiger partial charge in [0.15, 0.2) is 5.65 Å². The summed E-state index contributed by atoms with van der Waals surface area (Å²) in [6, 6.07) is 1.83. The molecule has 2 aromatic heterocycles. The van der Waals surface area contributed by atoms with Crippen molar-refractivity contribution in [3.63, 3.8) is 0 Å². The molecule has 0 saturated carbocycles. The van der Waals surface area contributed by atoms with Crippen molar-refractivity contribution in [3.8, 4) is 0 Å². The lowest BCUT2D eigenvalue weighted by molar-refractivity contribution is 0.0948. The molecule has 0 fully saturated rings. The highest BCUT2D eigenvalue weighted by Crippen LogP contribution is 2.20. The number of fused-ring (bicyclic) bond motifs is 1. The van der Waals surface area contributed by atoms with E-state index in [1.807, 2.05) is 24.6 Å². The van der Waals surface area contributed by atoms with Crippen molar-refractivity contribution in [2.75, 3.05) is 13.2 Å². The number of rotatable bonds is 8. The molecule has 0 unspecified atom stereocenters. The first-order chi connectivity index (χ1) is 11.3. The van der Waals surface area contributed by atoms with Gasteiger partial charge in [-0.15, -0.1) is 0 Å². The molecular formula is C18H28N4O2. The van der Waals surface area contributed by atoms with E-state index in [4.69, 9.17) is 0 Å². The van der Waals surface area contributed by atoms with Crippen LogP contribution in [0.4, 0.5) is 0 Å². The molecule has 6 heteroatoms. The Morgan fingerprint density at radius 2 is 2.12 bits per heavy atom. The fourth-order valence-electron chi connectivity index (χ4n) is 2.53. The molecule has 6 nitrogen and oxygen atoms in total. The lowest BCUT2D eigenvalue weighted by Gasteiger charge is -2.21. The Hall–Kier alpha value is -1.95. The van der Waals surface area contributed by atoms with E-state index >= 15 is 0 Å². The van der Waals surface area contributed by atoms with Crippen LogP contribution in [0.2, 0.25) is 0 Å². The lowest BCUT2D eigenvalue weighted by atomic mass is 9.89. The maximum atomic E-state index is 12.2. The van der Waals surface area contributed by atoms with Crippen LogP contribution in [0.1, 0.15) is 50.9 Å². The summed E-state index contributed by atoms with van der Waals surface area (Å²) in [7, 11) is 0. The number of aliphatic hydroxyl groups is 1. The highest BCUT2D eigenvalue weighted by atomic mass is 16.3. The highest BCUT2D eigenvalue weighted by molar-refractivity contribution is 5.96. The van der Waals surface area contributed by atoms with E-state index in [1.165, 1.54) is 0 Å². The zero-order chi connectivity index (χ0) is 17.7. The molecule has 2 N–H and O–H groups in total. The Morgan fingerprint density at radius 3 is 2.79 bits per heavy atom. The molecular weight excluding hydrogens is 304 g/mol. The first-order valence-corrected chi connectivity index (χ1v) is 8.53. The summed E-state index contributed by atoms with van der Waals surface area (Å²) < 4.78 is 1.87. The molecule has 2 rings (SSSR count). The number of carbonyl (C=O) groups excluding carboxylic acids is 1. The van der Waals surface area contributed by atoms with E-state index in [-0.39, 0.29) is 17.9 Å². The molecule has 0 aliphatic carbocycles. The predicted octanol–water partition coefficient (Wildman–Crippen LogP) is 2.62. The average molecular weight is 332 g/mol. The largest absolute Gasteiger partial charge is 0.396 e. The van der Waals surface area contributed by atoms with Crippen LogP contribution >= 0.6 is 0 Å². The van der Waals surface area contributed by atoms with E-state index in [1.54, 1.807) is 12.4 Å². The van der Waals surface area contributed by atoms with Gasteiger partial charge in [0.1, 0.15) is 0 Å². The normalized spacial score (nSPS) is 12.1.